The van der Waals surface area contributed by atoms with Gasteiger partial charge in [-0.15, -0.1) is 0 Å². The molecular weight excluding hydrogens is 264 g/mol. The normalized spacial score (nSPS) is 11.9. The maximum atomic E-state index is 11.4. The van der Waals surface area contributed by atoms with E-state index in [-0.39, 0.29) is 13.2 Å². The van der Waals surface area contributed by atoms with Gasteiger partial charge in [0, 0.05) is 0 Å². The molecule has 0 aromatic rings. The Bertz CT molecular complexity index is 253. The molecule has 0 bridgehead atoms. The average molecular weight is 294 g/mol. The lowest BCUT2D eigenvalue weighted by atomic mass is 10.2. The highest BCUT2D eigenvalue weighted by atomic mass is 32.3. The van der Waals surface area contributed by atoms with Gasteiger partial charge in [-0.25, -0.2) is 8.37 Å². The molecule has 0 radical (unpaired) electrons. The van der Waals surface area contributed by atoms with E-state index in [1.807, 2.05) is 0 Å². The second-order valence-corrected chi connectivity index (χ2v) is 6.17. The second-order valence-electron chi connectivity index (χ2n) is 4.88. The Morgan fingerprint density at radius 2 is 1.00 bits per heavy atom. The highest BCUT2D eigenvalue weighted by molar-refractivity contribution is 7.81. The van der Waals surface area contributed by atoms with Crippen molar-refractivity contribution in [3.8, 4) is 0 Å². The van der Waals surface area contributed by atoms with E-state index in [9.17, 15) is 8.42 Å². The van der Waals surface area contributed by atoms with E-state index in [4.69, 9.17) is 8.37 Å². The van der Waals surface area contributed by atoms with E-state index in [1.165, 1.54) is 25.7 Å². The van der Waals surface area contributed by atoms with Crippen molar-refractivity contribution in [3.63, 3.8) is 0 Å². The smallest absolute Gasteiger partial charge is 0.248 e. The van der Waals surface area contributed by atoms with Crippen LogP contribution in [0, 0.1) is 0 Å². The van der Waals surface area contributed by atoms with E-state index in [2.05, 4.69) is 13.8 Å². The molecule has 0 atom stereocenters. The van der Waals surface area contributed by atoms with Gasteiger partial charge in [0.25, 0.3) is 0 Å². The third-order valence-electron chi connectivity index (χ3n) is 2.95. The molecule has 0 amide bonds. The summed E-state index contributed by atoms with van der Waals surface area (Å²) in [5, 5.41) is 0. The van der Waals surface area contributed by atoms with Crippen molar-refractivity contribution in [3.05, 3.63) is 0 Å². The van der Waals surface area contributed by atoms with Crippen molar-refractivity contribution in [1.82, 2.24) is 0 Å². The Labute approximate surface area is 119 Å². The van der Waals surface area contributed by atoms with Crippen molar-refractivity contribution in [1.29, 1.82) is 0 Å². The lowest BCUT2D eigenvalue weighted by molar-refractivity contribution is 0.208. The van der Waals surface area contributed by atoms with Gasteiger partial charge >= 0.3 is 10.4 Å². The molecule has 0 aliphatic rings. The van der Waals surface area contributed by atoms with Gasteiger partial charge in [-0.05, 0) is 12.8 Å². The summed E-state index contributed by atoms with van der Waals surface area (Å²) in [6.45, 7) is 4.77. The van der Waals surface area contributed by atoms with Gasteiger partial charge in [0.05, 0.1) is 13.2 Å². The first-order chi connectivity index (χ1) is 9.12. The monoisotopic (exact) mass is 294 g/mol. The van der Waals surface area contributed by atoms with Crippen LogP contribution in [0.25, 0.3) is 0 Å². The molecule has 0 aromatic carbocycles. The van der Waals surface area contributed by atoms with Gasteiger partial charge < -0.3 is 0 Å². The largest absolute Gasteiger partial charge is 0.399 e. The quantitative estimate of drug-likeness (QED) is 0.450. The predicted octanol–water partition coefficient (Wildman–Crippen LogP) is 4.21. The van der Waals surface area contributed by atoms with Crippen molar-refractivity contribution in [2.24, 2.45) is 0 Å². The van der Waals surface area contributed by atoms with E-state index in [0.717, 1.165) is 38.5 Å². The third kappa shape index (κ3) is 14.1. The molecule has 0 N–H and O–H groups in total. The maximum absolute atomic E-state index is 11.4. The summed E-state index contributed by atoms with van der Waals surface area (Å²) in [7, 11) is -3.77. The van der Waals surface area contributed by atoms with Gasteiger partial charge in [-0.2, -0.15) is 8.42 Å². The van der Waals surface area contributed by atoms with Crippen LogP contribution in [-0.4, -0.2) is 21.6 Å². The Hall–Kier alpha value is -0.130. The van der Waals surface area contributed by atoms with Crippen LogP contribution >= 0.6 is 0 Å². The predicted molar refractivity (Wildman–Crippen MR) is 78.3 cm³/mol. The number of hydrogen-bond acceptors (Lipinski definition) is 4. The van der Waals surface area contributed by atoms with Crippen LogP contribution in [0.5, 0.6) is 0 Å². The Kier molecular flexibility index (Phi) is 12.8. The van der Waals surface area contributed by atoms with Gasteiger partial charge in [-0.1, -0.05) is 65.2 Å². The van der Waals surface area contributed by atoms with Crippen molar-refractivity contribution in [2.75, 3.05) is 13.2 Å². The van der Waals surface area contributed by atoms with Crippen LogP contribution in [0.15, 0.2) is 0 Å². The summed E-state index contributed by atoms with van der Waals surface area (Å²) >= 11 is 0. The molecule has 0 aliphatic carbocycles. The summed E-state index contributed by atoms with van der Waals surface area (Å²) in [6.07, 6.45) is 10.6. The van der Waals surface area contributed by atoms with Gasteiger partial charge in [0.15, 0.2) is 0 Å². The first-order valence-corrected chi connectivity index (χ1v) is 8.99. The van der Waals surface area contributed by atoms with Crippen LogP contribution in [-0.2, 0) is 18.8 Å². The molecule has 0 rings (SSSR count). The molecule has 0 saturated heterocycles. The SMILES string of the molecule is CCCCCCCOS(=O)(=O)OCCCCCCC. The summed E-state index contributed by atoms with van der Waals surface area (Å²) in [5.41, 5.74) is 0. The van der Waals surface area contributed by atoms with E-state index in [0.29, 0.717) is 0 Å². The second kappa shape index (κ2) is 12.9. The molecule has 0 heterocycles. The Balaban J connectivity index is 3.42. The van der Waals surface area contributed by atoms with Crippen LogP contribution in [0.3, 0.4) is 0 Å². The topological polar surface area (TPSA) is 52.6 Å². The summed E-state index contributed by atoms with van der Waals surface area (Å²) < 4.78 is 32.3. The van der Waals surface area contributed by atoms with Crippen molar-refractivity contribution >= 4 is 10.4 Å². The van der Waals surface area contributed by atoms with E-state index in [1.54, 1.807) is 0 Å². The summed E-state index contributed by atoms with van der Waals surface area (Å²) in [6, 6.07) is 0. The average Bonchev–Trinajstić information content (AvgIpc) is 2.38. The first kappa shape index (κ1) is 18.9. The fourth-order valence-corrected chi connectivity index (χ4v) is 2.48. The molecular formula is C14H30O4S. The molecule has 4 nitrogen and oxygen atoms in total. The third-order valence-corrected chi connectivity index (χ3v) is 3.86. The fraction of sp³-hybridized carbons (Fsp3) is 1.00. The molecule has 19 heavy (non-hydrogen) atoms. The van der Waals surface area contributed by atoms with Gasteiger partial charge in [-0.3, -0.25) is 0 Å². The molecule has 0 unspecified atom stereocenters. The van der Waals surface area contributed by atoms with Gasteiger partial charge in [0.1, 0.15) is 0 Å². The van der Waals surface area contributed by atoms with E-state index < -0.39 is 10.4 Å². The highest BCUT2D eigenvalue weighted by Crippen LogP contribution is 2.07. The zero-order valence-corrected chi connectivity index (χ0v) is 13.3. The maximum Gasteiger partial charge on any atom is 0.399 e. The Morgan fingerprint density at radius 3 is 1.37 bits per heavy atom. The summed E-state index contributed by atoms with van der Waals surface area (Å²) in [4.78, 5) is 0. The lowest BCUT2D eigenvalue weighted by Crippen LogP contribution is -2.12. The number of hydrogen-bond donors (Lipinski definition) is 0. The fourth-order valence-electron chi connectivity index (χ4n) is 1.77. The molecule has 116 valence electrons. The standard InChI is InChI=1S/C14H30O4S/c1-3-5-7-9-11-13-17-19(15,16)18-14-12-10-8-6-4-2/h3-14H2,1-2H3. The minimum Gasteiger partial charge on any atom is -0.248 e. The van der Waals surface area contributed by atoms with Crippen LogP contribution < -0.4 is 0 Å². The van der Waals surface area contributed by atoms with Crippen molar-refractivity contribution in [2.45, 2.75) is 78.1 Å². The molecule has 0 saturated carbocycles. The first-order valence-electron chi connectivity index (χ1n) is 7.66. The number of unbranched alkanes of at least 4 members (excludes halogenated alkanes) is 8. The molecule has 0 aromatic heterocycles. The van der Waals surface area contributed by atoms with Crippen LogP contribution in [0.2, 0.25) is 0 Å². The zero-order valence-electron chi connectivity index (χ0n) is 12.5. The molecule has 0 spiro atoms. The van der Waals surface area contributed by atoms with Gasteiger partial charge in [0.2, 0.25) is 0 Å². The zero-order chi connectivity index (χ0) is 14.4. The Morgan fingerprint density at radius 1 is 0.632 bits per heavy atom. The molecule has 0 fully saturated rings. The highest BCUT2D eigenvalue weighted by Gasteiger charge is 2.10. The minimum atomic E-state index is -3.77. The minimum absolute atomic E-state index is 0.238. The van der Waals surface area contributed by atoms with Crippen molar-refractivity contribution < 1.29 is 16.8 Å². The van der Waals surface area contributed by atoms with Crippen LogP contribution in [0.1, 0.15) is 78.1 Å². The number of rotatable bonds is 14. The van der Waals surface area contributed by atoms with Crippen LogP contribution in [0.4, 0.5) is 0 Å². The molecule has 5 heteroatoms. The lowest BCUT2D eigenvalue weighted by Gasteiger charge is -2.06. The van der Waals surface area contributed by atoms with E-state index >= 15 is 0 Å². The molecule has 0 aliphatic heterocycles. The summed E-state index contributed by atoms with van der Waals surface area (Å²) in [5.74, 6) is 0.